The van der Waals surface area contributed by atoms with E-state index in [2.05, 4.69) is 20.6 Å². The molecule has 0 spiro atoms. The average Bonchev–Trinajstić information content (AvgIpc) is 2.44. The highest BCUT2D eigenvalue weighted by Gasteiger charge is 2.12. The van der Waals surface area contributed by atoms with Crippen LogP contribution in [-0.2, 0) is 6.42 Å². The van der Waals surface area contributed by atoms with Crippen LogP contribution in [0.2, 0.25) is 0 Å². The van der Waals surface area contributed by atoms with Gasteiger partial charge in [-0.15, -0.1) is 0 Å². The van der Waals surface area contributed by atoms with Gasteiger partial charge in [0.05, 0.1) is 5.69 Å². The number of benzene rings is 1. The molecule has 0 unspecified atom stereocenters. The zero-order valence-corrected chi connectivity index (χ0v) is 11.7. The molecule has 112 valence electrons. The first-order valence-electron chi connectivity index (χ1n) is 6.50. The van der Waals surface area contributed by atoms with Crippen molar-refractivity contribution in [2.75, 3.05) is 17.7 Å². The highest BCUT2D eigenvalue weighted by Crippen LogP contribution is 2.23. The van der Waals surface area contributed by atoms with Crippen LogP contribution in [0.3, 0.4) is 0 Å². The van der Waals surface area contributed by atoms with Crippen molar-refractivity contribution in [1.29, 1.82) is 0 Å². The van der Waals surface area contributed by atoms with Gasteiger partial charge in [-0.1, -0.05) is 6.92 Å². The highest BCUT2D eigenvalue weighted by atomic mass is 19.2. The lowest BCUT2D eigenvalue weighted by Crippen LogP contribution is -2.05. The van der Waals surface area contributed by atoms with Crippen LogP contribution in [0.5, 0.6) is 0 Å². The van der Waals surface area contributed by atoms with E-state index in [1.165, 1.54) is 6.07 Å². The van der Waals surface area contributed by atoms with Gasteiger partial charge < -0.3 is 10.6 Å². The number of halogens is 3. The molecule has 1 aromatic heterocycles. The van der Waals surface area contributed by atoms with Crippen LogP contribution in [0.1, 0.15) is 19.2 Å². The second kappa shape index (κ2) is 6.43. The van der Waals surface area contributed by atoms with E-state index in [0.29, 0.717) is 24.1 Å². The summed E-state index contributed by atoms with van der Waals surface area (Å²) in [5.74, 6) is -1.92. The summed E-state index contributed by atoms with van der Waals surface area (Å²) in [6.07, 6.45) is 1.49. The summed E-state index contributed by atoms with van der Waals surface area (Å²) in [5, 5.41) is 5.44. The Morgan fingerprint density at radius 2 is 1.76 bits per heavy atom. The van der Waals surface area contributed by atoms with Crippen LogP contribution < -0.4 is 10.6 Å². The third kappa shape index (κ3) is 3.62. The summed E-state index contributed by atoms with van der Waals surface area (Å²) >= 11 is 0. The minimum absolute atomic E-state index is 0.265. The Bertz CT molecular complexity index is 646. The van der Waals surface area contributed by atoms with E-state index in [1.807, 2.05) is 6.92 Å². The number of rotatable bonds is 5. The Kier molecular flexibility index (Phi) is 4.62. The van der Waals surface area contributed by atoms with E-state index in [0.717, 1.165) is 12.5 Å². The molecule has 4 nitrogen and oxygen atoms in total. The first-order valence-corrected chi connectivity index (χ1v) is 6.50. The van der Waals surface area contributed by atoms with Crippen LogP contribution >= 0.6 is 0 Å². The second-order valence-corrected chi connectivity index (χ2v) is 4.43. The van der Waals surface area contributed by atoms with Gasteiger partial charge in [-0.2, -0.15) is 0 Å². The Balaban J connectivity index is 2.37. The maximum Gasteiger partial charge on any atom is 0.182 e. The number of aryl methyl sites for hydroxylation is 1. The molecular formula is C14H15F3N4. The summed E-state index contributed by atoms with van der Waals surface area (Å²) in [7, 11) is 1.68. The number of hydrogen-bond donors (Lipinski definition) is 2. The summed E-state index contributed by atoms with van der Waals surface area (Å²) in [6, 6.07) is 2.89. The van der Waals surface area contributed by atoms with E-state index in [4.69, 9.17) is 0 Å². The molecule has 21 heavy (non-hydrogen) atoms. The fourth-order valence-electron chi connectivity index (χ4n) is 1.81. The molecule has 0 amide bonds. The summed E-state index contributed by atoms with van der Waals surface area (Å²) in [6.45, 7) is 1.98. The lowest BCUT2D eigenvalue weighted by molar-refractivity contribution is 0.498. The lowest BCUT2D eigenvalue weighted by Gasteiger charge is -2.10. The Morgan fingerprint density at radius 1 is 1.05 bits per heavy atom. The molecular weight excluding hydrogens is 281 g/mol. The third-order valence-electron chi connectivity index (χ3n) is 2.76. The molecule has 0 aliphatic carbocycles. The quantitative estimate of drug-likeness (QED) is 0.827. The van der Waals surface area contributed by atoms with Crippen LogP contribution in [0.4, 0.5) is 30.5 Å². The first kappa shape index (κ1) is 15.1. The molecule has 0 aliphatic rings. The zero-order valence-electron chi connectivity index (χ0n) is 11.7. The minimum atomic E-state index is -1.26. The molecule has 0 fully saturated rings. The smallest absolute Gasteiger partial charge is 0.182 e. The molecule has 0 aliphatic heterocycles. The molecule has 0 atom stereocenters. The molecule has 0 radical (unpaired) electrons. The topological polar surface area (TPSA) is 49.8 Å². The van der Waals surface area contributed by atoms with Crippen molar-refractivity contribution < 1.29 is 13.2 Å². The van der Waals surface area contributed by atoms with Crippen LogP contribution in [0.15, 0.2) is 18.2 Å². The van der Waals surface area contributed by atoms with Gasteiger partial charge in [0, 0.05) is 31.7 Å². The van der Waals surface area contributed by atoms with E-state index in [1.54, 1.807) is 7.05 Å². The molecule has 7 heteroatoms. The van der Waals surface area contributed by atoms with Crippen LogP contribution in [-0.4, -0.2) is 17.0 Å². The zero-order chi connectivity index (χ0) is 15.4. The largest absolute Gasteiger partial charge is 0.373 e. The van der Waals surface area contributed by atoms with Gasteiger partial charge in [0.25, 0.3) is 0 Å². The Morgan fingerprint density at radius 3 is 2.43 bits per heavy atom. The number of aromatic nitrogens is 2. The molecule has 0 bridgehead atoms. The monoisotopic (exact) mass is 296 g/mol. The normalized spacial score (nSPS) is 10.5. The molecule has 2 rings (SSSR count). The van der Waals surface area contributed by atoms with Crippen molar-refractivity contribution in [3.8, 4) is 0 Å². The van der Waals surface area contributed by atoms with Gasteiger partial charge in [-0.25, -0.2) is 23.1 Å². The highest BCUT2D eigenvalue weighted by molar-refractivity contribution is 5.60. The average molecular weight is 296 g/mol. The molecule has 0 saturated carbocycles. The summed E-state index contributed by atoms with van der Waals surface area (Å²) < 4.78 is 40.0. The second-order valence-electron chi connectivity index (χ2n) is 4.43. The van der Waals surface area contributed by atoms with E-state index in [9.17, 15) is 13.2 Å². The SMILES string of the molecule is CCCc1nc(NC)cc(Nc2cc(F)cc(F)c2F)n1. The van der Waals surface area contributed by atoms with Crippen molar-refractivity contribution in [3.05, 3.63) is 41.5 Å². The van der Waals surface area contributed by atoms with Crippen molar-refractivity contribution in [2.24, 2.45) is 0 Å². The number of nitrogens with one attached hydrogen (secondary N) is 2. The predicted molar refractivity (Wildman–Crippen MR) is 75.2 cm³/mol. The van der Waals surface area contributed by atoms with Gasteiger partial charge in [0.2, 0.25) is 0 Å². The van der Waals surface area contributed by atoms with Crippen molar-refractivity contribution in [3.63, 3.8) is 0 Å². The number of anilines is 3. The van der Waals surface area contributed by atoms with Crippen molar-refractivity contribution in [1.82, 2.24) is 9.97 Å². The van der Waals surface area contributed by atoms with Crippen molar-refractivity contribution in [2.45, 2.75) is 19.8 Å². The van der Waals surface area contributed by atoms with E-state index >= 15 is 0 Å². The molecule has 2 N–H and O–H groups in total. The van der Waals surface area contributed by atoms with Crippen LogP contribution in [0, 0.1) is 17.5 Å². The van der Waals surface area contributed by atoms with Gasteiger partial charge in [-0.05, 0) is 6.42 Å². The standard InChI is InChI=1S/C14H15F3N4/c1-3-4-11-20-12(18-2)7-13(21-11)19-10-6-8(15)5-9(16)14(10)17/h5-7H,3-4H2,1-2H3,(H2,18,19,20,21). The Hall–Kier alpha value is -2.31. The third-order valence-corrected chi connectivity index (χ3v) is 2.76. The van der Waals surface area contributed by atoms with Crippen molar-refractivity contribution >= 4 is 17.3 Å². The fraction of sp³-hybridized carbons (Fsp3) is 0.286. The van der Waals surface area contributed by atoms with E-state index < -0.39 is 17.5 Å². The fourth-order valence-corrected chi connectivity index (χ4v) is 1.81. The first-order chi connectivity index (χ1) is 10.0. The maximum absolute atomic E-state index is 13.6. The predicted octanol–water partition coefficient (Wildman–Crippen LogP) is 3.63. The number of hydrogen-bond acceptors (Lipinski definition) is 4. The van der Waals surface area contributed by atoms with Gasteiger partial charge in [0.1, 0.15) is 23.3 Å². The number of nitrogens with zero attached hydrogens (tertiary/aromatic N) is 2. The Labute approximate surface area is 120 Å². The molecule has 1 aromatic carbocycles. The molecule has 0 saturated heterocycles. The van der Waals surface area contributed by atoms with Gasteiger partial charge in [0.15, 0.2) is 11.6 Å². The van der Waals surface area contributed by atoms with Crippen LogP contribution in [0.25, 0.3) is 0 Å². The maximum atomic E-state index is 13.6. The molecule has 2 aromatic rings. The minimum Gasteiger partial charge on any atom is -0.373 e. The summed E-state index contributed by atoms with van der Waals surface area (Å²) in [5.41, 5.74) is -0.310. The van der Waals surface area contributed by atoms with Gasteiger partial charge in [-0.3, -0.25) is 0 Å². The molecule has 1 heterocycles. The van der Waals surface area contributed by atoms with E-state index in [-0.39, 0.29) is 11.5 Å². The van der Waals surface area contributed by atoms with Gasteiger partial charge >= 0.3 is 0 Å². The summed E-state index contributed by atoms with van der Waals surface area (Å²) in [4.78, 5) is 8.43. The lowest BCUT2D eigenvalue weighted by atomic mass is 10.2.